The lowest BCUT2D eigenvalue weighted by Crippen LogP contribution is -2.35. The molecule has 0 radical (unpaired) electrons. The van der Waals surface area contributed by atoms with Crippen LogP contribution in [0.4, 0.5) is 0 Å². The van der Waals surface area contributed by atoms with E-state index in [0.717, 1.165) is 12.4 Å². The van der Waals surface area contributed by atoms with Crippen LogP contribution in [0.15, 0.2) is 0 Å². The fraction of sp³-hybridized carbons (Fsp3) is 0.889. The Hall–Kier alpha value is -1.01. The van der Waals surface area contributed by atoms with Gasteiger partial charge in [-0.15, -0.1) is 10.2 Å². The van der Waals surface area contributed by atoms with Crippen molar-refractivity contribution in [2.24, 2.45) is 7.05 Å². The van der Waals surface area contributed by atoms with E-state index in [-0.39, 0.29) is 0 Å². The minimum atomic E-state index is 0.668. The Bertz CT molecular complexity index is 309. The summed E-state index contributed by atoms with van der Waals surface area (Å²) in [5.74, 6) is 0.762. The van der Waals surface area contributed by atoms with Gasteiger partial charge in [0.05, 0.1) is 13.6 Å². The van der Waals surface area contributed by atoms with Crippen LogP contribution in [-0.2, 0) is 13.6 Å². The highest BCUT2D eigenvalue weighted by Gasteiger charge is 2.19. The van der Waals surface area contributed by atoms with Crippen LogP contribution in [-0.4, -0.2) is 51.3 Å². The Morgan fingerprint density at radius 3 is 2.93 bits per heavy atom. The standard InChI is InChI=1S/C9H18N6/c1-14-5-3-4-8(14)6-10-7-9-11-13-15(2)12-9/h8,10H,3-7H2,1-2H3. The van der Waals surface area contributed by atoms with Crippen molar-refractivity contribution in [3.63, 3.8) is 0 Å². The van der Waals surface area contributed by atoms with Crippen LogP contribution in [0.1, 0.15) is 18.7 Å². The molecule has 1 fully saturated rings. The first-order chi connectivity index (χ1) is 7.25. The van der Waals surface area contributed by atoms with Gasteiger partial charge in [-0.3, -0.25) is 0 Å². The summed E-state index contributed by atoms with van der Waals surface area (Å²) in [6.45, 7) is 2.93. The zero-order valence-electron chi connectivity index (χ0n) is 9.35. The maximum absolute atomic E-state index is 4.11. The molecule has 2 rings (SSSR count). The van der Waals surface area contributed by atoms with Gasteiger partial charge in [-0.2, -0.15) is 4.80 Å². The number of tetrazole rings is 1. The number of nitrogens with one attached hydrogen (secondary N) is 1. The molecule has 6 heteroatoms. The van der Waals surface area contributed by atoms with Crippen molar-refractivity contribution in [1.82, 2.24) is 30.4 Å². The second-order valence-corrected chi connectivity index (χ2v) is 4.10. The minimum Gasteiger partial charge on any atom is -0.308 e. The number of nitrogens with zero attached hydrogens (tertiary/aromatic N) is 5. The second-order valence-electron chi connectivity index (χ2n) is 4.10. The third-order valence-corrected chi connectivity index (χ3v) is 2.88. The van der Waals surface area contributed by atoms with E-state index in [1.807, 2.05) is 0 Å². The van der Waals surface area contributed by atoms with E-state index in [2.05, 4.69) is 32.7 Å². The molecule has 0 amide bonds. The molecule has 1 aliphatic heterocycles. The lowest BCUT2D eigenvalue weighted by molar-refractivity contribution is 0.299. The molecule has 0 aromatic carbocycles. The number of aryl methyl sites for hydroxylation is 1. The average Bonchev–Trinajstić information content (AvgIpc) is 2.77. The molecule has 15 heavy (non-hydrogen) atoms. The molecule has 1 saturated heterocycles. The smallest absolute Gasteiger partial charge is 0.188 e. The lowest BCUT2D eigenvalue weighted by Gasteiger charge is -2.19. The van der Waals surface area contributed by atoms with E-state index in [0.29, 0.717) is 12.6 Å². The molecular formula is C9H18N6. The zero-order valence-corrected chi connectivity index (χ0v) is 9.35. The predicted octanol–water partition coefficient (Wildman–Crippen LogP) is -0.606. The van der Waals surface area contributed by atoms with Gasteiger partial charge in [0, 0.05) is 12.6 Å². The maximum atomic E-state index is 4.11. The van der Waals surface area contributed by atoms with Gasteiger partial charge < -0.3 is 10.2 Å². The van der Waals surface area contributed by atoms with Crippen LogP contribution in [0.3, 0.4) is 0 Å². The normalized spacial score (nSPS) is 22.4. The van der Waals surface area contributed by atoms with Gasteiger partial charge in [-0.25, -0.2) is 0 Å². The predicted molar refractivity (Wildman–Crippen MR) is 56.2 cm³/mol. The lowest BCUT2D eigenvalue weighted by atomic mass is 10.2. The van der Waals surface area contributed by atoms with E-state index in [9.17, 15) is 0 Å². The van der Waals surface area contributed by atoms with Gasteiger partial charge in [0.25, 0.3) is 0 Å². The second kappa shape index (κ2) is 4.67. The highest BCUT2D eigenvalue weighted by atomic mass is 15.6. The molecule has 1 unspecified atom stereocenters. The molecule has 0 aliphatic carbocycles. The van der Waals surface area contributed by atoms with Crippen molar-refractivity contribution in [3.05, 3.63) is 5.82 Å². The fourth-order valence-electron chi connectivity index (χ4n) is 1.98. The largest absolute Gasteiger partial charge is 0.308 e. The monoisotopic (exact) mass is 210 g/mol. The highest BCUT2D eigenvalue weighted by molar-refractivity contribution is 4.81. The van der Waals surface area contributed by atoms with Crippen molar-refractivity contribution in [2.75, 3.05) is 20.1 Å². The summed E-state index contributed by atoms with van der Waals surface area (Å²) in [6.07, 6.45) is 2.60. The number of rotatable bonds is 4. The van der Waals surface area contributed by atoms with Crippen LogP contribution in [0.25, 0.3) is 0 Å². The van der Waals surface area contributed by atoms with E-state index in [1.165, 1.54) is 24.2 Å². The molecular weight excluding hydrogens is 192 g/mol. The SMILES string of the molecule is CN1CCCC1CNCc1nnn(C)n1. The van der Waals surface area contributed by atoms with E-state index in [4.69, 9.17) is 0 Å². The van der Waals surface area contributed by atoms with Gasteiger partial charge in [-0.1, -0.05) is 0 Å². The van der Waals surface area contributed by atoms with Crippen molar-refractivity contribution in [1.29, 1.82) is 0 Å². The summed E-state index contributed by atoms with van der Waals surface area (Å²) in [6, 6.07) is 0.668. The maximum Gasteiger partial charge on any atom is 0.188 e. The topological polar surface area (TPSA) is 58.9 Å². The summed E-state index contributed by atoms with van der Waals surface area (Å²) in [4.78, 5) is 3.88. The third-order valence-electron chi connectivity index (χ3n) is 2.88. The Morgan fingerprint density at radius 2 is 2.33 bits per heavy atom. The summed E-state index contributed by atoms with van der Waals surface area (Å²) < 4.78 is 0. The molecule has 1 aromatic heterocycles. The highest BCUT2D eigenvalue weighted by Crippen LogP contribution is 2.13. The van der Waals surface area contributed by atoms with Crippen molar-refractivity contribution in [2.45, 2.75) is 25.4 Å². The Morgan fingerprint density at radius 1 is 1.47 bits per heavy atom. The fourth-order valence-corrected chi connectivity index (χ4v) is 1.98. The first-order valence-electron chi connectivity index (χ1n) is 5.39. The first kappa shape index (κ1) is 10.5. The molecule has 0 bridgehead atoms. The van der Waals surface area contributed by atoms with E-state index >= 15 is 0 Å². The van der Waals surface area contributed by atoms with Crippen LogP contribution in [0, 0.1) is 0 Å². The van der Waals surface area contributed by atoms with Crippen molar-refractivity contribution in [3.8, 4) is 0 Å². The Kier molecular flexibility index (Phi) is 3.27. The quantitative estimate of drug-likeness (QED) is 0.718. The zero-order chi connectivity index (χ0) is 10.7. The summed E-state index contributed by atoms with van der Waals surface area (Å²) >= 11 is 0. The molecule has 84 valence electrons. The number of aromatic nitrogens is 4. The molecule has 1 atom stereocenters. The summed E-state index contributed by atoms with van der Waals surface area (Å²) in [7, 11) is 3.96. The molecule has 2 heterocycles. The number of hydrogen-bond donors (Lipinski definition) is 1. The number of hydrogen-bond acceptors (Lipinski definition) is 5. The van der Waals surface area contributed by atoms with Crippen molar-refractivity contribution < 1.29 is 0 Å². The Labute approximate surface area is 89.6 Å². The van der Waals surface area contributed by atoms with E-state index in [1.54, 1.807) is 7.05 Å². The van der Waals surface area contributed by atoms with Crippen LogP contribution < -0.4 is 5.32 Å². The van der Waals surface area contributed by atoms with Gasteiger partial charge in [0.15, 0.2) is 5.82 Å². The Balaban J connectivity index is 1.70. The minimum absolute atomic E-state index is 0.668. The summed E-state index contributed by atoms with van der Waals surface area (Å²) in [5.41, 5.74) is 0. The molecule has 1 aromatic rings. The molecule has 0 spiro atoms. The first-order valence-corrected chi connectivity index (χ1v) is 5.39. The third kappa shape index (κ3) is 2.73. The van der Waals surface area contributed by atoms with Crippen molar-refractivity contribution >= 4 is 0 Å². The molecule has 6 nitrogen and oxygen atoms in total. The van der Waals surface area contributed by atoms with Gasteiger partial charge in [-0.05, 0) is 31.6 Å². The van der Waals surface area contributed by atoms with Crippen LogP contribution in [0.5, 0.6) is 0 Å². The van der Waals surface area contributed by atoms with Gasteiger partial charge >= 0.3 is 0 Å². The average molecular weight is 210 g/mol. The number of likely N-dealkylation sites (tertiary alicyclic amines) is 1. The van der Waals surface area contributed by atoms with Gasteiger partial charge in [0.2, 0.25) is 0 Å². The molecule has 0 saturated carbocycles. The molecule has 1 aliphatic rings. The number of likely N-dealkylation sites (N-methyl/N-ethyl adjacent to an activating group) is 1. The van der Waals surface area contributed by atoms with Crippen LogP contribution >= 0.6 is 0 Å². The summed E-state index contributed by atoms with van der Waals surface area (Å²) in [5, 5.41) is 15.2. The van der Waals surface area contributed by atoms with E-state index < -0.39 is 0 Å². The van der Waals surface area contributed by atoms with Gasteiger partial charge in [0.1, 0.15) is 0 Å². The molecule has 1 N–H and O–H groups in total. The van der Waals surface area contributed by atoms with Crippen LogP contribution in [0.2, 0.25) is 0 Å².